The lowest BCUT2D eigenvalue weighted by Gasteiger charge is -2.18. The molecule has 0 saturated heterocycles. The third-order valence-electron chi connectivity index (χ3n) is 1.87. The Morgan fingerprint density at radius 3 is 2.40 bits per heavy atom. The molecule has 0 saturated carbocycles. The van der Waals surface area contributed by atoms with Crippen molar-refractivity contribution in [3.8, 4) is 0 Å². The van der Waals surface area contributed by atoms with Gasteiger partial charge in [-0.15, -0.1) is 0 Å². The van der Waals surface area contributed by atoms with Gasteiger partial charge in [0.15, 0.2) is 0 Å². The lowest BCUT2D eigenvalue weighted by Crippen LogP contribution is -2.35. The number of hydrogen-bond acceptors (Lipinski definition) is 3. The highest BCUT2D eigenvalue weighted by atomic mass is 16.5. The minimum absolute atomic E-state index is 0.170. The summed E-state index contributed by atoms with van der Waals surface area (Å²) >= 11 is 0. The molecule has 0 atom stereocenters. The molecule has 0 spiro atoms. The second-order valence-corrected chi connectivity index (χ2v) is 3.16. The van der Waals surface area contributed by atoms with Gasteiger partial charge in [0.2, 0.25) is 5.91 Å². The minimum Gasteiger partial charge on any atom is -0.480 e. The number of amides is 1. The van der Waals surface area contributed by atoms with Crippen molar-refractivity contribution in [3.05, 3.63) is 0 Å². The Bertz CT molecular complexity index is 206. The maximum Gasteiger partial charge on any atom is 0.323 e. The first-order valence-electron chi connectivity index (χ1n) is 5.19. The lowest BCUT2D eigenvalue weighted by atomic mass is 10.3. The monoisotopic (exact) mass is 217 g/mol. The molecular weight excluding hydrogens is 198 g/mol. The highest BCUT2D eigenvalue weighted by molar-refractivity contribution is 5.81. The first kappa shape index (κ1) is 13.9. The van der Waals surface area contributed by atoms with Gasteiger partial charge < -0.3 is 14.7 Å². The molecule has 0 bridgehead atoms. The second kappa shape index (κ2) is 8.23. The third-order valence-corrected chi connectivity index (χ3v) is 1.87. The number of ether oxygens (including phenoxy) is 1. The van der Waals surface area contributed by atoms with Gasteiger partial charge in [0.05, 0.1) is 13.0 Å². The van der Waals surface area contributed by atoms with Crippen molar-refractivity contribution in [1.82, 2.24) is 4.90 Å². The SMILES string of the molecule is CCCOCCC(=O)N(CC)CC(=O)O. The Labute approximate surface area is 90.0 Å². The fourth-order valence-corrected chi connectivity index (χ4v) is 1.10. The van der Waals surface area contributed by atoms with Gasteiger partial charge in [0.1, 0.15) is 6.54 Å². The number of carboxylic acids is 1. The molecule has 0 aromatic heterocycles. The Morgan fingerprint density at radius 2 is 1.93 bits per heavy atom. The smallest absolute Gasteiger partial charge is 0.323 e. The van der Waals surface area contributed by atoms with Crippen LogP contribution in [0, 0.1) is 0 Å². The van der Waals surface area contributed by atoms with E-state index in [9.17, 15) is 9.59 Å². The molecule has 88 valence electrons. The normalized spacial score (nSPS) is 10.0. The molecule has 5 heteroatoms. The molecule has 0 rings (SSSR count). The number of hydrogen-bond donors (Lipinski definition) is 1. The fraction of sp³-hybridized carbons (Fsp3) is 0.800. The standard InChI is InChI=1S/C10H19NO4/c1-3-6-15-7-5-9(12)11(4-2)8-10(13)14/h3-8H2,1-2H3,(H,13,14). The average molecular weight is 217 g/mol. The van der Waals surface area contributed by atoms with Crippen molar-refractivity contribution in [2.45, 2.75) is 26.7 Å². The van der Waals surface area contributed by atoms with E-state index in [1.165, 1.54) is 4.90 Å². The molecule has 0 unspecified atom stereocenters. The zero-order valence-electron chi connectivity index (χ0n) is 9.36. The molecule has 15 heavy (non-hydrogen) atoms. The van der Waals surface area contributed by atoms with Crippen LogP contribution in [0.15, 0.2) is 0 Å². The summed E-state index contributed by atoms with van der Waals surface area (Å²) in [4.78, 5) is 23.2. The number of carbonyl (C=O) groups excluding carboxylic acids is 1. The molecule has 0 aliphatic carbocycles. The zero-order chi connectivity index (χ0) is 11.7. The molecule has 1 amide bonds. The Morgan fingerprint density at radius 1 is 1.27 bits per heavy atom. The number of likely N-dealkylation sites (N-methyl/N-ethyl adjacent to an activating group) is 1. The summed E-state index contributed by atoms with van der Waals surface area (Å²) < 4.78 is 5.16. The molecule has 1 N–H and O–H groups in total. The first-order valence-corrected chi connectivity index (χ1v) is 5.19. The predicted molar refractivity (Wildman–Crippen MR) is 55.6 cm³/mol. The van der Waals surface area contributed by atoms with Crippen molar-refractivity contribution >= 4 is 11.9 Å². The summed E-state index contributed by atoms with van der Waals surface area (Å²) in [5.74, 6) is -1.16. The molecule has 0 aromatic carbocycles. The van der Waals surface area contributed by atoms with Crippen molar-refractivity contribution in [3.63, 3.8) is 0 Å². The van der Waals surface area contributed by atoms with E-state index in [1.807, 2.05) is 6.92 Å². The topological polar surface area (TPSA) is 66.8 Å². The summed E-state index contributed by atoms with van der Waals surface area (Å²) in [7, 11) is 0. The molecule has 0 fully saturated rings. The molecular formula is C10H19NO4. The third kappa shape index (κ3) is 6.90. The maximum atomic E-state index is 11.5. The van der Waals surface area contributed by atoms with Crippen molar-refractivity contribution in [2.75, 3.05) is 26.3 Å². The van der Waals surface area contributed by atoms with Crippen LogP contribution in [0.5, 0.6) is 0 Å². The summed E-state index contributed by atoms with van der Waals surface area (Å²) in [5.41, 5.74) is 0. The van der Waals surface area contributed by atoms with Crippen molar-refractivity contribution in [1.29, 1.82) is 0 Å². The Hall–Kier alpha value is -1.10. The average Bonchev–Trinajstić information content (AvgIpc) is 2.20. The van der Waals surface area contributed by atoms with Crippen molar-refractivity contribution < 1.29 is 19.4 Å². The van der Waals surface area contributed by atoms with Crippen LogP contribution >= 0.6 is 0 Å². The van der Waals surface area contributed by atoms with Gasteiger partial charge in [0, 0.05) is 13.2 Å². The Kier molecular flexibility index (Phi) is 7.62. The van der Waals surface area contributed by atoms with E-state index in [2.05, 4.69) is 0 Å². The first-order chi connectivity index (χ1) is 7.11. The van der Waals surface area contributed by atoms with E-state index >= 15 is 0 Å². The van der Waals surface area contributed by atoms with Gasteiger partial charge in [-0.3, -0.25) is 9.59 Å². The number of rotatable bonds is 8. The summed E-state index contributed by atoms with van der Waals surface area (Å²) in [6.07, 6.45) is 1.17. The summed E-state index contributed by atoms with van der Waals surface area (Å²) in [6, 6.07) is 0. The number of nitrogens with zero attached hydrogens (tertiary/aromatic N) is 1. The van der Waals surface area contributed by atoms with Crippen LogP contribution in [0.1, 0.15) is 26.7 Å². The van der Waals surface area contributed by atoms with E-state index in [0.29, 0.717) is 19.8 Å². The highest BCUT2D eigenvalue weighted by Gasteiger charge is 2.13. The van der Waals surface area contributed by atoms with Crippen LogP contribution in [0.2, 0.25) is 0 Å². The molecule has 0 aliphatic rings. The maximum absolute atomic E-state index is 11.5. The van der Waals surface area contributed by atoms with E-state index in [1.54, 1.807) is 6.92 Å². The van der Waals surface area contributed by atoms with Gasteiger partial charge >= 0.3 is 5.97 Å². The predicted octanol–water partition coefficient (Wildman–Crippen LogP) is 0.736. The second-order valence-electron chi connectivity index (χ2n) is 3.16. The van der Waals surface area contributed by atoms with Crippen LogP contribution < -0.4 is 0 Å². The fourth-order valence-electron chi connectivity index (χ4n) is 1.10. The van der Waals surface area contributed by atoms with Crippen molar-refractivity contribution in [2.24, 2.45) is 0 Å². The lowest BCUT2D eigenvalue weighted by molar-refractivity contribution is -0.144. The Balaban J connectivity index is 3.78. The van der Waals surface area contributed by atoms with Gasteiger partial charge in [-0.05, 0) is 13.3 Å². The van der Waals surface area contributed by atoms with E-state index in [-0.39, 0.29) is 18.9 Å². The van der Waals surface area contributed by atoms with E-state index in [0.717, 1.165) is 6.42 Å². The van der Waals surface area contributed by atoms with Gasteiger partial charge in [-0.2, -0.15) is 0 Å². The molecule has 0 heterocycles. The molecule has 0 radical (unpaired) electrons. The summed E-state index contributed by atoms with van der Waals surface area (Å²) in [5, 5.41) is 8.55. The quantitative estimate of drug-likeness (QED) is 0.609. The minimum atomic E-state index is -0.986. The van der Waals surface area contributed by atoms with Crippen LogP contribution in [-0.2, 0) is 14.3 Å². The van der Waals surface area contributed by atoms with E-state index in [4.69, 9.17) is 9.84 Å². The van der Waals surface area contributed by atoms with Crippen LogP contribution in [-0.4, -0.2) is 48.2 Å². The zero-order valence-corrected chi connectivity index (χ0v) is 9.36. The number of carbonyl (C=O) groups is 2. The molecule has 5 nitrogen and oxygen atoms in total. The van der Waals surface area contributed by atoms with Gasteiger partial charge in [0.25, 0.3) is 0 Å². The van der Waals surface area contributed by atoms with Gasteiger partial charge in [-0.1, -0.05) is 6.92 Å². The highest BCUT2D eigenvalue weighted by Crippen LogP contribution is 1.95. The number of aliphatic carboxylic acids is 1. The van der Waals surface area contributed by atoms with Crippen LogP contribution in [0.4, 0.5) is 0 Å². The molecule has 0 aliphatic heterocycles. The largest absolute Gasteiger partial charge is 0.480 e. The molecule has 0 aromatic rings. The van der Waals surface area contributed by atoms with E-state index < -0.39 is 5.97 Å². The van der Waals surface area contributed by atoms with Crippen LogP contribution in [0.3, 0.4) is 0 Å². The summed E-state index contributed by atoms with van der Waals surface area (Å²) in [6.45, 7) is 4.93. The van der Waals surface area contributed by atoms with Gasteiger partial charge in [-0.25, -0.2) is 0 Å². The van der Waals surface area contributed by atoms with Crippen LogP contribution in [0.25, 0.3) is 0 Å². The number of carboxylic acid groups (broad SMARTS) is 1.